The summed E-state index contributed by atoms with van der Waals surface area (Å²) in [5, 5.41) is 0. The van der Waals surface area contributed by atoms with Gasteiger partial charge in [0, 0.05) is 31.4 Å². The van der Waals surface area contributed by atoms with Gasteiger partial charge in [0.25, 0.3) is 11.5 Å². The molecule has 9 heteroatoms. The summed E-state index contributed by atoms with van der Waals surface area (Å²) in [5.74, 6) is -0.516. The van der Waals surface area contributed by atoms with E-state index < -0.39 is 36.3 Å². The van der Waals surface area contributed by atoms with Crippen molar-refractivity contribution in [2.75, 3.05) is 20.8 Å². The lowest BCUT2D eigenvalue weighted by Crippen LogP contribution is -2.34. The second kappa shape index (κ2) is 8.65. The number of rotatable bonds is 7. The van der Waals surface area contributed by atoms with Crippen LogP contribution >= 0.6 is 0 Å². The summed E-state index contributed by atoms with van der Waals surface area (Å²) in [6.07, 6.45) is 1.18. The molecular formula is C17H19N3O6. The van der Waals surface area contributed by atoms with Gasteiger partial charge in [-0.05, 0) is 6.07 Å². The number of ether oxygens (including phenoxy) is 2. The first-order chi connectivity index (χ1) is 12.4. The van der Waals surface area contributed by atoms with Gasteiger partial charge in [-0.25, -0.2) is 4.79 Å². The van der Waals surface area contributed by atoms with Crippen molar-refractivity contribution in [3.8, 4) is 5.75 Å². The smallest absolute Gasteiger partial charge is 0.328 e. The Balaban J connectivity index is 1.88. The molecule has 0 radical (unpaired) electrons. The van der Waals surface area contributed by atoms with Crippen molar-refractivity contribution in [2.24, 2.45) is 0 Å². The fourth-order valence-electron chi connectivity index (χ4n) is 2.18. The van der Waals surface area contributed by atoms with Crippen LogP contribution in [0.2, 0.25) is 0 Å². The molecule has 0 saturated heterocycles. The minimum atomic E-state index is -0.766. The number of hydrogen-bond acceptors (Lipinski definition) is 6. The van der Waals surface area contributed by atoms with Gasteiger partial charge in [0.2, 0.25) is 0 Å². The lowest BCUT2D eigenvalue weighted by atomic mass is 10.2. The Morgan fingerprint density at radius 2 is 1.92 bits per heavy atom. The molecule has 9 nitrogen and oxygen atoms in total. The zero-order valence-corrected chi connectivity index (χ0v) is 14.4. The average Bonchev–Trinajstić information content (AvgIpc) is 2.62. The molecule has 1 heterocycles. The molecule has 0 aliphatic carbocycles. The van der Waals surface area contributed by atoms with Crippen LogP contribution < -0.4 is 16.0 Å². The van der Waals surface area contributed by atoms with Gasteiger partial charge in [-0.1, -0.05) is 18.2 Å². The zero-order valence-electron chi connectivity index (χ0n) is 14.4. The fraction of sp³-hybridized carbons (Fsp3) is 0.294. The van der Waals surface area contributed by atoms with Crippen molar-refractivity contribution in [2.45, 2.75) is 13.1 Å². The quantitative estimate of drug-likeness (QED) is 0.681. The van der Waals surface area contributed by atoms with Crippen molar-refractivity contribution in [3.05, 3.63) is 62.9 Å². The number of nitrogens with zero attached hydrogens (tertiary/aromatic N) is 2. The van der Waals surface area contributed by atoms with Crippen LogP contribution in [0.4, 0.5) is 0 Å². The molecule has 0 unspecified atom stereocenters. The van der Waals surface area contributed by atoms with Crippen LogP contribution in [-0.4, -0.2) is 47.1 Å². The van der Waals surface area contributed by atoms with Gasteiger partial charge >= 0.3 is 11.7 Å². The maximum atomic E-state index is 12.1. The lowest BCUT2D eigenvalue weighted by molar-refractivity contribution is -0.152. The van der Waals surface area contributed by atoms with Gasteiger partial charge in [-0.3, -0.25) is 23.9 Å². The SMILES string of the molecule is COc1ccccc1CN(C)C(=O)COC(=O)Cn1ccc(=O)[nH]c1=O. The van der Waals surface area contributed by atoms with Crippen molar-refractivity contribution >= 4 is 11.9 Å². The molecule has 1 amide bonds. The minimum absolute atomic E-state index is 0.291. The lowest BCUT2D eigenvalue weighted by Gasteiger charge is -2.18. The van der Waals surface area contributed by atoms with Crippen LogP contribution in [0.3, 0.4) is 0 Å². The molecule has 0 bridgehead atoms. The zero-order chi connectivity index (χ0) is 19.1. The van der Waals surface area contributed by atoms with Gasteiger partial charge in [0.15, 0.2) is 6.61 Å². The number of esters is 1. The minimum Gasteiger partial charge on any atom is -0.496 e. The highest BCUT2D eigenvalue weighted by molar-refractivity contribution is 5.80. The number of H-pyrrole nitrogens is 1. The number of likely N-dealkylation sites (N-methyl/N-ethyl adjacent to an activating group) is 1. The molecule has 0 aliphatic heterocycles. The molecule has 1 aromatic carbocycles. The van der Waals surface area contributed by atoms with Gasteiger partial charge in [0.1, 0.15) is 12.3 Å². The van der Waals surface area contributed by atoms with Crippen molar-refractivity contribution in [1.82, 2.24) is 14.5 Å². The molecular weight excluding hydrogens is 342 g/mol. The summed E-state index contributed by atoms with van der Waals surface area (Å²) in [6, 6.07) is 8.39. The van der Waals surface area contributed by atoms with E-state index >= 15 is 0 Å². The first kappa shape index (κ1) is 19.0. The number of methoxy groups -OCH3 is 1. The van der Waals surface area contributed by atoms with E-state index in [2.05, 4.69) is 0 Å². The second-order valence-electron chi connectivity index (χ2n) is 5.46. The summed E-state index contributed by atoms with van der Waals surface area (Å²) in [6.45, 7) is -0.568. The summed E-state index contributed by atoms with van der Waals surface area (Å²) in [5.41, 5.74) is -0.473. The topological polar surface area (TPSA) is 111 Å². The first-order valence-electron chi connectivity index (χ1n) is 7.72. The van der Waals surface area contributed by atoms with E-state index in [1.807, 2.05) is 23.2 Å². The Bertz CT molecular complexity index is 902. The third-order valence-corrected chi connectivity index (χ3v) is 3.58. The molecule has 1 aromatic heterocycles. The number of benzene rings is 1. The molecule has 0 fully saturated rings. The highest BCUT2D eigenvalue weighted by Gasteiger charge is 2.15. The molecule has 0 atom stereocenters. The van der Waals surface area contributed by atoms with E-state index in [0.29, 0.717) is 12.3 Å². The number of para-hydroxylation sites is 1. The van der Waals surface area contributed by atoms with Gasteiger partial charge < -0.3 is 14.4 Å². The van der Waals surface area contributed by atoms with E-state index in [1.165, 1.54) is 11.1 Å². The Morgan fingerprint density at radius 1 is 1.19 bits per heavy atom. The van der Waals surface area contributed by atoms with E-state index in [9.17, 15) is 19.2 Å². The number of carbonyl (C=O) groups is 2. The summed E-state index contributed by atoms with van der Waals surface area (Å²) < 4.78 is 11.1. The maximum absolute atomic E-state index is 12.1. The number of carbonyl (C=O) groups excluding carboxylic acids is 2. The third-order valence-electron chi connectivity index (χ3n) is 3.58. The van der Waals surface area contributed by atoms with E-state index in [0.717, 1.165) is 16.2 Å². The standard InChI is InChI=1S/C17H19N3O6/c1-19(9-12-5-3-4-6-13(12)25-2)15(22)11-26-16(23)10-20-8-7-14(21)18-17(20)24/h3-8H,9-11H2,1-2H3,(H,18,21,24). The van der Waals surface area contributed by atoms with Crippen molar-refractivity contribution in [3.63, 3.8) is 0 Å². The van der Waals surface area contributed by atoms with E-state index in [-0.39, 0.29) is 0 Å². The number of hydrogen-bond donors (Lipinski definition) is 1. The van der Waals surface area contributed by atoms with E-state index in [1.54, 1.807) is 20.2 Å². The second-order valence-corrected chi connectivity index (χ2v) is 5.46. The summed E-state index contributed by atoms with van der Waals surface area (Å²) in [4.78, 5) is 49.8. The molecule has 2 aromatic rings. The fourth-order valence-corrected chi connectivity index (χ4v) is 2.18. The number of nitrogens with one attached hydrogen (secondary N) is 1. The average molecular weight is 361 g/mol. The highest BCUT2D eigenvalue weighted by Crippen LogP contribution is 2.18. The number of aromatic nitrogens is 2. The Kier molecular flexibility index (Phi) is 6.31. The van der Waals surface area contributed by atoms with Crippen molar-refractivity contribution < 1.29 is 19.1 Å². The van der Waals surface area contributed by atoms with Gasteiger partial charge in [-0.15, -0.1) is 0 Å². The molecule has 0 saturated carbocycles. The molecule has 26 heavy (non-hydrogen) atoms. The van der Waals surface area contributed by atoms with Gasteiger partial charge in [0.05, 0.1) is 7.11 Å². The predicted molar refractivity (Wildman–Crippen MR) is 91.7 cm³/mol. The van der Waals surface area contributed by atoms with Crippen LogP contribution in [0.5, 0.6) is 5.75 Å². The summed E-state index contributed by atoms with van der Waals surface area (Å²) >= 11 is 0. The van der Waals surface area contributed by atoms with Crippen LogP contribution in [0.1, 0.15) is 5.56 Å². The van der Waals surface area contributed by atoms with Crippen LogP contribution in [0.15, 0.2) is 46.1 Å². The van der Waals surface area contributed by atoms with Crippen LogP contribution in [-0.2, 0) is 27.4 Å². The number of aromatic amines is 1. The normalized spacial score (nSPS) is 10.2. The Hall–Kier alpha value is -3.36. The third kappa shape index (κ3) is 5.07. The first-order valence-corrected chi connectivity index (χ1v) is 7.72. The maximum Gasteiger partial charge on any atom is 0.328 e. The van der Waals surface area contributed by atoms with Crippen molar-refractivity contribution in [1.29, 1.82) is 0 Å². The number of amides is 1. The van der Waals surface area contributed by atoms with Gasteiger partial charge in [-0.2, -0.15) is 0 Å². The Labute approximate surface area is 148 Å². The highest BCUT2D eigenvalue weighted by atomic mass is 16.5. The Morgan fingerprint density at radius 3 is 2.62 bits per heavy atom. The molecule has 0 spiro atoms. The van der Waals surface area contributed by atoms with E-state index in [4.69, 9.17) is 9.47 Å². The monoisotopic (exact) mass is 361 g/mol. The summed E-state index contributed by atoms with van der Waals surface area (Å²) in [7, 11) is 3.12. The molecule has 1 N–H and O–H groups in total. The van der Waals surface area contributed by atoms with Crippen LogP contribution in [0.25, 0.3) is 0 Å². The predicted octanol–water partition coefficient (Wildman–Crippen LogP) is -0.253. The molecule has 138 valence electrons. The van der Waals surface area contributed by atoms with Crippen LogP contribution in [0, 0.1) is 0 Å². The largest absolute Gasteiger partial charge is 0.496 e. The molecule has 2 rings (SSSR count). The molecule has 0 aliphatic rings.